The molecule has 0 atom stereocenters. The Bertz CT molecular complexity index is 737. The third-order valence-corrected chi connectivity index (χ3v) is 4.17. The van der Waals surface area contributed by atoms with Gasteiger partial charge in [0.2, 0.25) is 0 Å². The number of aromatic nitrogens is 3. The van der Waals surface area contributed by atoms with Crippen molar-refractivity contribution in [2.45, 2.75) is 39.7 Å². The van der Waals surface area contributed by atoms with Gasteiger partial charge in [-0.15, -0.1) is 0 Å². The van der Waals surface area contributed by atoms with Gasteiger partial charge < -0.3 is 18.9 Å². The third-order valence-electron chi connectivity index (χ3n) is 4.17. The minimum Gasteiger partial charge on any atom is -0.444 e. The first kappa shape index (κ1) is 21.0. The molecule has 1 saturated heterocycles. The summed E-state index contributed by atoms with van der Waals surface area (Å²) in [6, 6.07) is 2.22. The molecule has 1 fully saturated rings. The van der Waals surface area contributed by atoms with Gasteiger partial charge in [0, 0.05) is 56.4 Å². The zero-order valence-electron chi connectivity index (χ0n) is 17.4. The molecule has 0 bridgehead atoms. The minimum atomic E-state index is -0.407. The van der Waals surface area contributed by atoms with Crippen molar-refractivity contribution in [1.82, 2.24) is 19.2 Å². The molecule has 0 aliphatic carbocycles. The second-order valence-corrected chi connectivity index (χ2v) is 7.67. The second kappa shape index (κ2) is 9.08. The predicted octanol–water partition coefficient (Wildman–Crippen LogP) is 3.24. The molecule has 0 unspecified atom stereocenters. The van der Waals surface area contributed by atoms with Gasteiger partial charge in [-0.3, -0.25) is 4.68 Å². The van der Waals surface area contributed by atoms with Crippen LogP contribution >= 0.6 is 0 Å². The number of amides is 1. The highest BCUT2D eigenvalue weighted by Gasteiger charge is 2.23. The first-order valence-electron chi connectivity index (χ1n) is 9.39. The van der Waals surface area contributed by atoms with E-state index >= 15 is 0 Å². The van der Waals surface area contributed by atoms with E-state index in [9.17, 15) is 4.79 Å². The van der Waals surface area contributed by atoms with Crippen molar-refractivity contribution in [3.63, 3.8) is 0 Å². The molecule has 2 aromatic heterocycles. The average molecular weight is 377 g/mol. The number of nitrogens with zero attached hydrogens (tertiary/aromatic N) is 4. The van der Waals surface area contributed by atoms with E-state index in [0.29, 0.717) is 26.3 Å². The maximum Gasteiger partial charge on any atom is 0.410 e. The van der Waals surface area contributed by atoms with Crippen LogP contribution in [0.15, 0.2) is 24.7 Å². The van der Waals surface area contributed by atoms with Gasteiger partial charge >= 0.3 is 6.09 Å². The summed E-state index contributed by atoms with van der Waals surface area (Å²) in [4.78, 5) is 13.1. The third kappa shape index (κ3) is 6.43. The number of hydrogen-bond donors (Lipinski definition) is 0. The summed E-state index contributed by atoms with van der Waals surface area (Å²) in [7, 11) is 4.02. The highest BCUT2D eigenvalue weighted by atomic mass is 16.6. The number of aryl methyl sites for hydroxylation is 3. The lowest BCUT2D eigenvalue weighted by atomic mass is 10.2. The molecule has 27 heavy (non-hydrogen) atoms. The predicted molar refractivity (Wildman–Crippen MR) is 106 cm³/mol. The maximum absolute atomic E-state index is 11.5. The van der Waals surface area contributed by atoms with E-state index in [1.807, 2.05) is 44.9 Å². The summed E-state index contributed by atoms with van der Waals surface area (Å²) in [5, 5.41) is 4.17. The molecule has 1 aliphatic rings. The van der Waals surface area contributed by atoms with E-state index in [2.05, 4.69) is 35.9 Å². The largest absolute Gasteiger partial charge is 0.444 e. The second-order valence-electron chi connectivity index (χ2n) is 7.67. The van der Waals surface area contributed by atoms with Crippen LogP contribution in [0.3, 0.4) is 0 Å². The Morgan fingerprint density at radius 1 is 1.19 bits per heavy atom. The average Bonchev–Trinajstić information content (AvgIpc) is 3.20. The number of morpholine rings is 1. The molecule has 3 rings (SSSR count). The van der Waals surface area contributed by atoms with Crippen LogP contribution in [0.1, 0.15) is 33.4 Å². The van der Waals surface area contributed by atoms with Gasteiger partial charge in [0.05, 0.1) is 19.4 Å². The zero-order chi connectivity index (χ0) is 20.0. The van der Waals surface area contributed by atoms with Gasteiger partial charge in [-0.25, -0.2) is 4.79 Å². The molecule has 0 radical (unpaired) electrons. The van der Waals surface area contributed by atoms with Crippen LogP contribution in [0.25, 0.3) is 11.1 Å². The molecular formula is C20H32N4O3. The van der Waals surface area contributed by atoms with Crippen LogP contribution in [-0.2, 0) is 30.0 Å². The Labute approximate surface area is 161 Å². The highest BCUT2D eigenvalue weighted by Crippen LogP contribution is 2.21. The van der Waals surface area contributed by atoms with Gasteiger partial charge in [0.25, 0.3) is 0 Å². The molecule has 3 heterocycles. The molecule has 0 aromatic carbocycles. The number of rotatable bonds is 2. The monoisotopic (exact) mass is 376 g/mol. The van der Waals surface area contributed by atoms with E-state index in [0.717, 1.165) is 6.42 Å². The van der Waals surface area contributed by atoms with Crippen molar-refractivity contribution in [2.75, 3.05) is 26.3 Å². The first-order valence-corrected chi connectivity index (χ1v) is 9.39. The van der Waals surface area contributed by atoms with Crippen molar-refractivity contribution in [3.8, 4) is 11.1 Å². The van der Waals surface area contributed by atoms with Crippen molar-refractivity contribution in [1.29, 1.82) is 0 Å². The number of carbonyl (C=O) groups excluding carboxylic acids is 1. The van der Waals surface area contributed by atoms with E-state index in [1.54, 1.807) is 4.90 Å². The molecule has 0 spiro atoms. The highest BCUT2D eigenvalue weighted by molar-refractivity contribution is 5.68. The molecule has 7 heteroatoms. The number of hydrogen-bond acceptors (Lipinski definition) is 4. The van der Waals surface area contributed by atoms with Crippen LogP contribution < -0.4 is 0 Å². The molecule has 1 aliphatic heterocycles. The van der Waals surface area contributed by atoms with Gasteiger partial charge in [-0.05, 0) is 33.3 Å². The summed E-state index contributed by atoms with van der Waals surface area (Å²) in [5.41, 5.74) is 3.37. The van der Waals surface area contributed by atoms with Crippen molar-refractivity contribution >= 4 is 6.09 Å². The maximum atomic E-state index is 11.5. The number of carbonyl (C=O) groups is 1. The number of ether oxygens (including phenoxy) is 2. The van der Waals surface area contributed by atoms with Crippen molar-refractivity contribution < 1.29 is 14.3 Å². The van der Waals surface area contributed by atoms with Crippen LogP contribution in [-0.4, -0.2) is 57.2 Å². The Balaban J connectivity index is 0.000000194. The lowest BCUT2D eigenvalue weighted by molar-refractivity contribution is -0.00677. The Morgan fingerprint density at radius 3 is 2.33 bits per heavy atom. The Morgan fingerprint density at radius 2 is 1.85 bits per heavy atom. The SMILES string of the molecule is CC(C)(C)OC(=O)N1CCOCC1.CCc1cc(-c2cnn(C)c2)cn1C. The van der Waals surface area contributed by atoms with Gasteiger partial charge in [-0.2, -0.15) is 5.10 Å². The van der Waals surface area contributed by atoms with Crippen LogP contribution in [0.4, 0.5) is 4.79 Å². The summed E-state index contributed by atoms with van der Waals surface area (Å²) in [6.07, 6.45) is 6.91. The Hall–Kier alpha value is -2.28. The summed E-state index contributed by atoms with van der Waals surface area (Å²) >= 11 is 0. The Kier molecular flexibility index (Phi) is 7.07. The molecular weight excluding hydrogens is 344 g/mol. The summed E-state index contributed by atoms with van der Waals surface area (Å²) in [5.74, 6) is 0. The van der Waals surface area contributed by atoms with Gasteiger partial charge in [0.15, 0.2) is 0 Å². The van der Waals surface area contributed by atoms with Crippen LogP contribution in [0, 0.1) is 0 Å². The normalized spacial score (nSPS) is 14.5. The van der Waals surface area contributed by atoms with Crippen molar-refractivity contribution in [2.24, 2.45) is 14.1 Å². The molecule has 0 N–H and O–H groups in total. The van der Waals surface area contributed by atoms with E-state index in [1.165, 1.54) is 16.8 Å². The topological polar surface area (TPSA) is 61.5 Å². The van der Waals surface area contributed by atoms with E-state index in [4.69, 9.17) is 9.47 Å². The summed E-state index contributed by atoms with van der Waals surface area (Å²) in [6.45, 7) is 10.3. The fourth-order valence-electron chi connectivity index (χ4n) is 2.76. The van der Waals surface area contributed by atoms with Gasteiger partial charge in [-0.1, -0.05) is 6.92 Å². The molecule has 2 aromatic rings. The fourth-order valence-corrected chi connectivity index (χ4v) is 2.76. The van der Waals surface area contributed by atoms with E-state index < -0.39 is 5.60 Å². The molecule has 7 nitrogen and oxygen atoms in total. The van der Waals surface area contributed by atoms with Crippen LogP contribution in [0.5, 0.6) is 0 Å². The molecule has 150 valence electrons. The fraction of sp³-hybridized carbons (Fsp3) is 0.600. The molecule has 1 amide bonds. The lowest BCUT2D eigenvalue weighted by Gasteiger charge is -2.29. The zero-order valence-corrected chi connectivity index (χ0v) is 17.4. The first-order chi connectivity index (χ1) is 12.7. The van der Waals surface area contributed by atoms with Crippen LogP contribution in [0.2, 0.25) is 0 Å². The minimum absolute atomic E-state index is 0.240. The standard InChI is InChI=1S/C11H15N3.C9H17NO3/c1-4-11-5-9(7-13(11)2)10-6-12-14(3)8-10;1-9(2,3)13-8(11)10-4-6-12-7-5-10/h5-8H,4H2,1-3H3;4-7H2,1-3H3. The molecule has 0 saturated carbocycles. The quantitative estimate of drug-likeness (QED) is 0.807. The lowest BCUT2D eigenvalue weighted by Crippen LogP contribution is -2.43. The van der Waals surface area contributed by atoms with Crippen molar-refractivity contribution in [3.05, 3.63) is 30.4 Å². The smallest absolute Gasteiger partial charge is 0.410 e. The van der Waals surface area contributed by atoms with Gasteiger partial charge in [0.1, 0.15) is 5.60 Å². The summed E-state index contributed by atoms with van der Waals surface area (Å²) < 4.78 is 14.3. The van der Waals surface area contributed by atoms with E-state index in [-0.39, 0.29) is 6.09 Å².